The number of nitrogens with one attached hydrogen (secondary N) is 1. The van der Waals surface area contributed by atoms with Crippen LogP contribution < -0.4 is 9.62 Å². The van der Waals surface area contributed by atoms with Gasteiger partial charge in [0.1, 0.15) is 12.6 Å². The van der Waals surface area contributed by atoms with Gasteiger partial charge in [-0.2, -0.15) is 0 Å². The van der Waals surface area contributed by atoms with Gasteiger partial charge in [0.2, 0.25) is 11.8 Å². The zero-order chi connectivity index (χ0) is 28.7. The minimum atomic E-state index is -4.16. The summed E-state index contributed by atoms with van der Waals surface area (Å²) < 4.78 is 28.7. The van der Waals surface area contributed by atoms with E-state index in [1.165, 1.54) is 23.1 Å². The second kappa shape index (κ2) is 13.3. The van der Waals surface area contributed by atoms with Gasteiger partial charge in [-0.05, 0) is 75.2 Å². The third-order valence-electron chi connectivity index (χ3n) is 6.39. The molecule has 0 aliphatic rings. The van der Waals surface area contributed by atoms with E-state index in [9.17, 15) is 18.0 Å². The highest BCUT2D eigenvalue weighted by Gasteiger charge is 2.33. The van der Waals surface area contributed by atoms with Crippen molar-refractivity contribution in [2.24, 2.45) is 0 Å². The molecule has 2 unspecified atom stereocenters. The van der Waals surface area contributed by atoms with Crippen molar-refractivity contribution in [3.8, 4) is 0 Å². The highest BCUT2D eigenvalue weighted by atomic mass is 35.5. The number of anilines is 1. The summed E-state index contributed by atoms with van der Waals surface area (Å²) >= 11 is 12.4. The molecule has 0 aliphatic heterocycles. The molecule has 10 heteroatoms. The molecule has 0 saturated heterocycles. The second-order valence-corrected chi connectivity index (χ2v) is 12.2. The Hall–Kier alpha value is -3.07. The number of halogens is 2. The first-order valence-corrected chi connectivity index (χ1v) is 14.8. The van der Waals surface area contributed by atoms with Gasteiger partial charge in [-0.3, -0.25) is 13.9 Å². The highest BCUT2D eigenvalue weighted by molar-refractivity contribution is 7.92. The number of carbonyl (C=O) groups is 2. The molecule has 0 aliphatic carbocycles. The molecule has 0 heterocycles. The normalized spacial score (nSPS) is 12.9. The molecule has 7 nitrogen and oxygen atoms in total. The molecule has 2 atom stereocenters. The van der Waals surface area contributed by atoms with Crippen molar-refractivity contribution >= 4 is 50.7 Å². The van der Waals surface area contributed by atoms with Crippen LogP contribution in [-0.2, 0) is 26.2 Å². The van der Waals surface area contributed by atoms with Crippen LogP contribution in [-0.4, -0.2) is 43.8 Å². The smallest absolute Gasteiger partial charge is 0.264 e. The molecule has 0 spiro atoms. The molecule has 2 amide bonds. The van der Waals surface area contributed by atoms with E-state index >= 15 is 0 Å². The Morgan fingerprint density at radius 1 is 0.923 bits per heavy atom. The highest BCUT2D eigenvalue weighted by Crippen LogP contribution is 2.27. The minimum absolute atomic E-state index is 0.0322. The fraction of sp³-hybridized carbons (Fsp3) is 0.310. The molecule has 208 valence electrons. The van der Waals surface area contributed by atoms with Crippen molar-refractivity contribution in [3.63, 3.8) is 0 Å². The van der Waals surface area contributed by atoms with Gasteiger partial charge < -0.3 is 10.2 Å². The molecule has 0 bridgehead atoms. The van der Waals surface area contributed by atoms with Crippen LogP contribution >= 0.6 is 23.2 Å². The van der Waals surface area contributed by atoms with Gasteiger partial charge in [0.15, 0.2) is 0 Å². The van der Waals surface area contributed by atoms with Crippen molar-refractivity contribution < 1.29 is 18.0 Å². The minimum Gasteiger partial charge on any atom is -0.352 e. The van der Waals surface area contributed by atoms with Crippen molar-refractivity contribution in [1.29, 1.82) is 0 Å². The maximum Gasteiger partial charge on any atom is 0.264 e. The van der Waals surface area contributed by atoms with E-state index in [4.69, 9.17) is 23.2 Å². The monoisotopic (exact) mass is 589 g/mol. The molecule has 39 heavy (non-hydrogen) atoms. The lowest BCUT2D eigenvalue weighted by Crippen LogP contribution is -2.52. The molecule has 3 aromatic rings. The van der Waals surface area contributed by atoms with Crippen LogP contribution in [0.2, 0.25) is 10.0 Å². The number of amides is 2. The largest absolute Gasteiger partial charge is 0.352 e. The van der Waals surface area contributed by atoms with Crippen LogP contribution in [0.1, 0.15) is 38.3 Å². The van der Waals surface area contributed by atoms with Crippen molar-refractivity contribution in [2.75, 3.05) is 10.8 Å². The standard InChI is InChI=1S/C29H33Cl2N3O4S/c1-5-21(3)32-29(36)22(4)33(18-23-8-6-9-24(30)16-23)28(35)19-34(26-11-7-10-25(31)17-26)39(37,38)27-14-12-20(2)13-15-27/h6-17,21-22H,5,18-19H2,1-4H3,(H,32,36). The predicted molar refractivity (Wildman–Crippen MR) is 157 cm³/mol. The van der Waals surface area contributed by atoms with E-state index in [0.717, 1.165) is 16.3 Å². The number of benzene rings is 3. The molecular formula is C29H33Cl2N3O4S. The van der Waals surface area contributed by atoms with Crippen LogP contribution in [0.3, 0.4) is 0 Å². The quantitative estimate of drug-likeness (QED) is 0.305. The molecular weight excluding hydrogens is 557 g/mol. The molecule has 0 saturated carbocycles. The molecule has 0 radical (unpaired) electrons. The van der Waals surface area contributed by atoms with Crippen LogP contribution in [0.15, 0.2) is 77.7 Å². The summed E-state index contributed by atoms with van der Waals surface area (Å²) in [6, 6.07) is 18.7. The Kier molecular flexibility index (Phi) is 10.4. The van der Waals surface area contributed by atoms with Crippen molar-refractivity contribution in [3.05, 3.63) is 94.0 Å². The summed E-state index contributed by atoms with van der Waals surface area (Å²) in [5.74, 6) is -0.895. The zero-order valence-corrected chi connectivity index (χ0v) is 24.7. The lowest BCUT2D eigenvalue weighted by atomic mass is 10.1. The third-order valence-corrected chi connectivity index (χ3v) is 8.65. The van der Waals surface area contributed by atoms with Gasteiger partial charge in [0.05, 0.1) is 10.6 Å². The number of aryl methyl sites for hydroxylation is 1. The molecule has 3 rings (SSSR count). The Morgan fingerprint density at radius 2 is 1.54 bits per heavy atom. The van der Waals surface area contributed by atoms with Gasteiger partial charge in [-0.1, -0.05) is 66.0 Å². The van der Waals surface area contributed by atoms with Gasteiger partial charge in [0.25, 0.3) is 10.0 Å². The molecule has 3 aromatic carbocycles. The van der Waals surface area contributed by atoms with Crippen molar-refractivity contribution in [1.82, 2.24) is 10.2 Å². The average Bonchev–Trinajstić information content (AvgIpc) is 2.89. The summed E-state index contributed by atoms with van der Waals surface area (Å²) in [5.41, 5.74) is 1.83. The predicted octanol–water partition coefficient (Wildman–Crippen LogP) is 5.83. The van der Waals surface area contributed by atoms with Gasteiger partial charge >= 0.3 is 0 Å². The molecule has 0 aromatic heterocycles. The number of hydrogen-bond donors (Lipinski definition) is 1. The lowest BCUT2D eigenvalue weighted by molar-refractivity contribution is -0.139. The second-order valence-electron chi connectivity index (χ2n) is 9.45. The fourth-order valence-electron chi connectivity index (χ4n) is 3.88. The Bertz CT molecular complexity index is 1410. The number of nitrogens with zero attached hydrogens (tertiary/aromatic N) is 2. The molecule has 0 fully saturated rings. The van der Waals surface area contributed by atoms with E-state index in [1.807, 2.05) is 20.8 Å². The first-order valence-electron chi connectivity index (χ1n) is 12.6. The lowest BCUT2D eigenvalue weighted by Gasteiger charge is -2.32. The van der Waals surface area contributed by atoms with Crippen LogP contribution in [0, 0.1) is 6.92 Å². The number of hydrogen-bond acceptors (Lipinski definition) is 4. The van der Waals surface area contributed by atoms with Crippen molar-refractivity contribution in [2.45, 2.75) is 57.6 Å². The Balaban J connectivity index is 2.03. The average molecular weight is 591 g/mol. The Labute approximate surface area is 240 Å². The van der Waals surface area contributed by atoms with Crippen LogP contribution in [0.25, 0.3) is 0 Å². The van der Waals surface area contributed by atoms with Gasteiger partial charge in [0, 0.05) is 22.6 Å². The summed E-state index contributed by atoms with van der Waals surface area (Å²) in [6.45, 7) is 6.82. The van der Waals surface area contributed by atoms with E-state index in [1.54, 1.807) is 61.5 Å². The summed E-state index contributed by atoms with van der Waals surface area (Å²) in [6.07, 6.45) is 0.720. The Morgan fingerprint density at radius 3 is 2.13 bits per heavy atom. The third kappa shape index (κ3) is 7.97. The van der Waals surface area contributed by atoms with E-state index in [0.29, 0.717) is 15.6 Å². The van der Waals surface area contributed by atoms with E-state index < -0.39 is 28.5 Å². The van der Waals surface area contributed by atoms with Gasteiger partial charge in [-0.15, -0.1) is 0 Å². The number of rotatable bonds is 11. The van der Waals surface area contributed by atoms with E-state index in [2.05, 4.69) is 5.32 Å². The zero-order valence-electron chi connectivity index (χ0n) is 22.4. The number of carbonyl (C=O) groups excluding carboxylic acids is 2. The SMILES string of the molecule is CCC(C)NC(=O)C(C)N(Cc1cccc(Cl)c1)C(=O)CN(c1cccc(Cl)c1)S(=O)(=O)c1ccc(C)cc1. The first kappa shape index (κ1) is 30.5. The van der Waals surface area contributed by atoms with Crippen LogP contribution in [0.4, 0.5) is 5.69 Å². The van der Waals surface area contributed by atoms with E-state index in [-0.39, 0.29) is 29.1 Å². The summed E-state index contributed by atoms with van der Waals surface area (Å²) in [5, 5.41) is 3.71. The molecule has 1 N–H and O–H groups in total. The van der Waals surface area contributed by atoms with Crippen LogP contribution in [0.5, 0.6) is 0 Å². The maximum absolute atomic E-state index is 13.9. The summed E-state index contributed by atoms with van der Waals surface area (Å²) in [4.78, 5) is 28.4. The number of sulfonamides is 1. The summed E-state index contributed by atoms with van der Waals surface area (Å²) in [7, 11) is -4.16. The topological polar surface area (TPSA) is 86.8 Å². The maximum atomic E-state index is 13.9. The fourth-order valence-corrected chi connectivity index (χ4v) is 5.68. The van der Waals surface area contributed by atoms with Gasteiger partial charge in [-0.25, -0.2) is 8.42 Å². The first-order chi connectivity index (χ1) is 18.4.